The number of hydrogen-bond acceptors (Lipinski definition) is 3. The fraction of sp³-hybridized carbons (Fsp3) is 0.357. The Kier molecular flexibility index (Phi) is 9.15. The van der Waals surface area contributed by atoms with Crippen LogP contribution in [-0.4, -0.2) is 36.7 Å². The van der Waals surface area contributed by atoms with Gasteiger partial charge in [-0.25, -0.2) is 0 Å². The van der Waals surface area contributed by atoms with E-state index in [-0.39, 0.29) is 17.9 Å². The van der Waals surface area contributed by atoms with Gasteiger partial charge in [0.2, 0.25) is 0 Å². The SMILES string of the molecule is Cc1cc(C)cc(CCOc2cccc(N(Cc3cccc(C(F)(F)C(F)(F)F)c3)CC(O)C(F)(F)F)c2)c1. The third-order valence-electron chi connectivity index (χ3n) is 5.91. The molecule has 0 heterocycles. The Bertz CT molecular complexity index is 1240. The fourth-order valence-corrected chi connectivity index (χ4v) is 4.09. The van der Waals surface area contributed by atoms with E-state index in [0.717, 1.165) is 27.7 Å². The van der Waals surface area contributed by atoms with Gasteiger partial charge >= 0.3 is 18.3 Å². The van der Waals surface area contributed by atoms with Crippen LogP contribution in [0.4, 0.5) is 40.8 Å². The molecule has 0 aromatic heterocycles. The molecular weight excluding hydrogens is 534 g/mol. The molecule has 11 heteroatoms. The third kappa shape index (κ3) is 8.08. The molecule has 0 radical (unpaired) electrons. The lowest BCUT2D eigenvalue weighted by Crippen LogP contribution is -2.41. The van der Waals surface area contributed by atoms with E-state index in [4.69, 9.17) is 4.74 Å². The maximum atomic E-state index is 13.9. The molecule has 0 bridgehead atoms. The standard InChI is InChI=1S/C28H27F8NO2/c1-18-11-19(2)13-20(12-18)9-10-39-24-8-4-7-23(15-24)37(17-25(38)27(31,32)33)16-21-5-3-6-22(14-21)26(29,30)28(34,35)36/h3-8,11-15,25,38H,9-10,16-17H2,1-2H3. The second-order valence-corrected chi connectivity index (χ2v) is 9.30. The minimum atomic E-state index is -5.85. The minimum Gasteiger partial charge on any atom is -0.493 e. The van der Waals surface area contributed by atoms with Crippen LogP contribution in [0.3, 0.4) is 0 Å². The lowest BCUT2D eigenvalue weighted by molar-refractivity contribution is -0.289. The maximum absolute atomic E-state index is 13.9. The molecule has 0 aliphatic rings. The van der Waals surface area contributed by atoms with Crippen LogP contribution in [0.15, 0.2) is 66.7 Å². The molecular formula is C28H27F8NO2. The van der Waals surface area contributed by atoms with Crippen LogP contribution < -0.4 is 9.64 Å². The predicted octanol–water partition coefficient (Wildman–Crippen LogP) is 7.51. The largest absolute Gasteiger partial charge is 0.493 e. The fourth-order valence-electron chi connectivity index (χ4n) is 4.09. The van der Waals surface area contributed by atoms with Gasteiger partial charge in [-0.1, -0.05) is 53.6 Å². The van der Waals surface area contributed by atoms with Crippen LogP contribution in [0, 0.1) is 13.8 Å². The molecule has 0 saturated carbocycles. The van der Waals surface area contributed by atoms with Gasteiger partial charge in [0.15, 0.2) is 6.10 Å². The van der Waals surface area contributed by atoms with E-state index in [9.17, 15) is 40.2 Å². The van der Waals surface area contributed by atoms with Crippen molar-refractivity contribution in [2.75, 3.05) is 18.1 Å². The van der Waals surface area contributed by atoms with Crippen molar-refractivity contribution < 1.29 is 45.0 Å². The lowest BCUT2D eigenvalue weighted by atomic mass is 10.0. The van der Waals surface area contributed by atoms with Crippen LogP contribution in [0.2, 0.25) is 0 Å². The topological polar surface area (TPSA) is 32.7 Å². The van der Waals surface area contributed by atoms with E-state index >= 15 is 0 Å². The van der Waals surface area contributed by atoms with E-state index in [1.165, 1.54) is 24.3 Å². The molecule has 1 N–H and O–H groups in total. The lowest BCUT2D eigenvalue weighted by Gasteiger charge is -2.29. The van der Waals surface area contributed by atoms with Crippen molar-refractivity contribution in [3.8, 4) is 5.75 Å². The number of anilines is 1. The highest BCUT2D eigenvalue weighted by atomic mass is 19.4. The average Bonchev–Trinajstić information content (AvgIpc) is 2.82. The molecule has 0 saturated heterocycles. The van der Waals surface area contributed by atoms with E-state index in [1.807, 2.05) is 32.0 Å². The Morgan fingerprint density at radius 2 is 1.44 bits per heavy atom. The van der Waals surface area contributed by atoms with Crippen molar-refractivity contribution >= 4 is 5.69 Å². The molecule has 3 aromatic carbocycles. The number of halogens is 8. The highest BCUT2D eigenvalue weighted by Gasteiger charge is 2.58. The monoisotopic (exact) mass is 561 g/mol. The molecule has 0 spiro atoms. The quantitative estimate of drug-likeness (QED) is 0.260. The molecule has 3 rings (SSSR count). The number of nitrogens with zero attached hydrogens (tertiary/aromatic N) is 1. The van der Waals surface area contributed by atoms with Crippen LogP contribution in [0.5, 0.6) is 5.75 Å². The summed E-state index contributed by atoms with van der Waals surface area (Å²) in [4.78, 5) is 1.04. The van der Waals surface area contributed by atoms with Crippen molar-refractivity contribution in [1.82, 2.24) is 0 Å². The van der Waals surface area contributed by atoms with Gasteiger partial charge in [0.25, 0.3) is 0 Å². The number of alkyl halides is 8. The Morgan fingerprint density at radius 1 is 0.795 bits per heavy atom. The first-order valence-electron chi connectivity index (χ1n) is 11.9. The first kappa shape index (κ1) is 30.2. The van der Waals surface area contributed by atoms with Gasteiger partial charge in [0, 0.05) is 30.3 Å². The normalized spacial score (nSPS) is 13.3. The first-order chi connectivity index (χ1) is 18.1. The Balaban J connectivity index is 1.83. The highest BCUT2D eigenvalue weighted by Crippen LogP contribution is 2.44. The van der Waals surface area contributed by atoms with Crippen LogP contribution in [-0.2, 0) is 18.9 Å². The van der Waals surface area contributed by atoms with Crippen molar-refractivity contribution in [2.45, 2.75) is 51.2 Å². The molecule has 0 aliphatic carbocycles. The summed E-state index contributed by atoms with van der Waals surface area (Å²) >= 11 is 0. The van der Waals surface area contributed by atoms with Gasteiger partial charge in [0.05, 0.1) is 13.2 Å². The zero-order chi connectivity index (χ0) is 29.0. The summed E-state index contributed by atoms with van der Waals surface area (Å²) in [7, 11) is 0. The second-order valence-electron chi connectivity index (χ2n) is 9.30. The van der Waals surface area contributed by atoms with Crippen molar-refractivity contribution in [1.29, 1.82) is 0 Å². The van der Waals surface area contributed by atoms with Crippen LogP contribution in [0.25, 0.3) is 0 Å². The van der Waals surface area contributed by atoms with Gasteiger partial charge in [-0.2, -0.15) is 35.1 Å². The highest BCUT2D eigenvalue weighted by molar-refractivity contribution is 5.51. The summed E-state index contributed by atoms with van der Waals surface area (Å²) in [6, 6.07) is 15.3. The second kappa shape index (κ2) is 11.8. The van der Waals surface area contributed by atoms with Gasteiger partial charge in [0.1, 0.15) is 5.75 Å². The van der Waals surface area contributed by atoms with E-state index in [2.05, 4.69) is 0 Å². The Morgan fingerprint density at radius 3 is 2.05 bits per heavy atom. The molecule has 1 atom stereocenters. The summed E-state index contributed by atoms with van der Waals surface area (Å²) in [5, 5.41) is 9.70. The smallest absolute Gasteiger partial charge is 0.458 e. The number of aliphatic hydroxyl groups is 1. The molecule has 1 unspecified atom stereocenters. The zero-order valence-corrected chi connectivity index (χ0v) is 21.1. The van der Waals surface area contributed by atoms with Crippen molar-refractivity contribution in [2.24, 2.45) is 0 Å². The number of benzene rings is 3. The number of rotatable bonds is 10. The van der Waals surface area contributed by atoms with E-state index in [1.54, 1.807) is 6.07 Å². The van der Waals surface area contributed by atoms with E-state index in [0.29, 0.717) is 24.3 Å². The number of aryl methyl sites for hydroxylation is 2. The number of aliphatic hydroxyl groups excluding tert-OH is 1. The van der Waals surface area contributed by atoms with Crippen molar-refractivity contribution in [3.63, 3.8) is 0 Å². The summed E-state index contributed by atoms with van der Waals surface area (Å²) < 4.78 is 111. The summed E-state index contributed by atoms with van der Waals surface area (Å²) in [6.45, 7) is 2.71. The molecule has 212 valence electrons. The van der Waals surface area contributed by atoms with Crippen LogP contribution >= 0.6 is 0 Å². The predicted molar refractivity (Wildman–Crippen MR) is 131 cm³/mol. The van der Waals surface area contributed by atoms with Gasteiger partial charge < -0.3 is 14.7 Å². The van der Waals surface area contributed by atoms with Crippen molar-refractivity contribution in [3.05, 3.63) is 94.5 Å². The van der Waals surface area contributed by atoms with E-state index < -0.39 is 43.0 Å². The van der Waals surface area contributed by atoms with Gasteiger partial charge in [-0.15, -0.1) is 0 Å². The molecule has 3 aromatic rings. The third-order valence-corrected chi connectivity index (χ3v) is 5.91. The summed E-state index contributed by atoms with van der Waals surface area (Å²) in [5.74, 6) is -4.84. The molecule has 0 amide bonds. The molecule has 0 fully saturated rings. The maximum Gasteiger partial charge on any atom is 0.458 e. The zero-order valence-electron chi connectivity index (χ0n) is 21.1. The average molecular weight is 562 g/mol. The number of ether oxygens (including phenoxy) is 1. The molecule has 3 nitrogen and oxygen atoms in total. The summed E-state index contributed by atoms with van der Waals surface area (Å²) in [6.07, 6.45) is -13.1. The summed E-state index contributed by atoms with van der Waals surface area (Å²) in [5.41, 5.74) is 1.91. The number of hydrogen-bond donors (Lipinski definition) is 1. The molecule has 39 heavy (non-hydrogen) atoms. The Hall–Kier alpha value is -3.34. The first-order valence-corrected chi connectivity index (χ1v) is 11.9. The van der Waals surface area contributed by atoms with Crippen LogP contribution in [0.1, 0.15) is 27.8 Å². The van der Waals surface area contributed by atoms with Gasteiger partial charge in [-0.05, 0) is 43.2 Å². The molecule has 0 aliphatic heterocycles. The minimum absolute atomic E-state index is 0.105. The van der Waals surface area contributed by atoms with Gasteiger partial charge in [-0.3, -0.25) is 0 Å². The Labute approximate surface area is 220 Å².